The molecule has 0 spiro atoms. The fraction of sp³-hybridized carbons (Fsp3) is 0.238. The van der Waals surface area contributed by atoms with Gasteiger partial charge in [0.1, 0.15) is 0 Å². The molecule has 3 aromatic rings. The molecule has 1 amide bonds. The number of sulfone groups is 1. The minimum absolute atomic E-state index is 0.00973. The van der Waals surface area contributed by atoms with Crippen molar-refractivity contribution in [2.24, 2.45) is 0 Å². The average molecular weight is 447 g/mol. The summed E-state index contributed by atoms with van der Waals surface area (Å²) in [5.41, 5.74) is 2.97. The van der Waals surface area contributed by atoms with Crippen LogP contribution < -0.4 is 11.0 Å². The van der Waals surface area contributed by atoms with E-state index in [-0.39, 0.29) is 18.5 Å². The summed E-state index contributed by atoms with van der Waals surface area (Å²) in [6.07, 6.45) is 2.35. The van der Waals surface area contributed by atoms with Crippen LogP contribution >= 0.6 is 11.3 Å². The van der Waals surface area contributed by atoms with Crippen molar-refractivity contribution in [1.82, 2.24) is 10.0 Å². The Bertz CT molecular complexity index is 1220. The average Bonchev–Trinajstić information content (AvgIpc) is 3.22. The molecule has 1 aromatic carbocycles. The number of nitrogens with one attached hydrogen (secondary N) is 1. The van der Waals surface area contributed by atoms with Gasteiger partial charge in [0.15, 0.2) is 14.6 Å². The van der Waals surface area contributed by atoms with Gasteiger partial charge in [-0.25, -0.2) is 13.9 Å². The van der Waals surface area contributed by atoms with Crippen molar-refractivity contribution in [1.29, 1.82) is 0 Å². The Balaban J connectivity index is 1.82. The van der Waals surface area contributed by atoms with E-state index >= 15 is 0 Å². The van der Waals surface area contributed by atoms with E-state index < -0.39 is 20.5 Å². The maximum atomic E-state index is 12.6. The first-order valence-electron chi connectivity index (χ1n) is 9.16. The lowest BCUT2D eigenvalue weighted by molar-refractivity contribution is -0.131. The largest absolute Gasteiger partial charge is 0.315 e. The third-order valence-electron chi connectivity index (χ3n) is 5.17. The molecule has 0 aliphatic heterocycles. The summed E-state index contributed by atoms with van der Waals surface area (Å²) < 4.78 is 23.6. The third kappa shape index (κ3) is 4.38. The van der Waals surface area contributed by atoms with E-state index in [1.165, 1.54) is 23.0 Å². The van der Waals surface area contributed by atoms with E-state index in [0.29, 0.717) is 0 Å². The highest BCUT2D eigenvalue weighted by molar-refractivity contribution is 7.92. The predicted molar refractivity (Wildman–Crippen MR) is 117 cm³/mol. The molecule has 3 rings (SSSR count). The molecule has 0 saturated heterocycles. The Kier molecular flexibility index (Phi) is 6.25. The monoisotopic (exact) mass is 446 g/mol. The zero-order valence-corrected chi connectivity index (χ0v) is 18.2. The molecule has 158 valence electrons. The molecule has 0 aliphatic carbocycles. The van der Waals surface area contributed by atoms with Crippen LogP contribution in [0.15, 0.2) is 65.6 Å². The summed E-state index contributed by atoms with van der Waals surface area (Å²) in [7, 11) is -3.82. The molecular formula is C21H22N2O5S2. The lowest BCUT2D eigenvalue weighted by Gasteiger charge is -2.25. The molecule has 1 unspecified atom stereocenters. The van der Waals surface area contributed by atoms with Gasteiger partial charge in [-0.3, -0.25) is 14.8 Å². The van der Waals surface area contributed by atoms with Gasteiger partial charge in [-0.2, -0.15) is 0 Å². The minimum atomic E-state index is -3.82. The van der Waals surface area contributed by atoms with Crippen molar-refractivity contribution >= 4 is 27.1 Å². The van der Waals surface area contributed by atoms with Crippen LogP contribution in [0.5, 0.6) is 0 Å². The number of thiophene rings is 1. The molecular weight excluding hydrogens is 424 g/mol. The molecule has 30 heavy (non-hydrogen) atoms. The molecule has 9 heteroatoms. The standard InChI is InChI=1S/C21H22N2O5S2/c1-21(20(25)22-26,30(2,27)28)11-13-23-12-10-16(14-19(23)24)18-9-8-17(29-18)15-6-4-3-5-7-15/h3-10,12,14,26H,11,13H2,1-2H3,(H,22,25). The summed E-state index contributed by atoms with van der Waals surface area (Å²) in [6, 6.07) is 17.2. The number of nitrogens with zero attached hydrogens (tertiary/aromatic N) is 1. The lowest BCUT2D eigenvalue weighted by atomic mass is 10.1. The summed E-state index contributed by atoms with van der Waals surface area (Å²) in [5, 5.41) is 8.90. The van der Waals surface area contributed by atoms with Gasteiger partial charge in [-0.05, 0) is 42.7 Å². The topological polar surface area (TPSA) is 105 Å². The molecule has 0 bridgehead atoms. The molecule has 0 aliphatic rings. The molecule has 1 atom stereocenters. The first kappa shape index (κ1) is 21.9. The molecule has 7 nitrogen and oxygen atoms in total. The Morgan fingerprint density at radius 3 is 2.30 bits per heavy atom. The van der Waals surface area contributed by atoms with Crippen molar-refractivity contribution in [2.45, 2.75) is 24.6 Å². The van der Waals surface area contributed by atoms with Gasteiger partial charge in [0.05, 0.1) is 0 Å². The van der Waals surface area contributed by atoms with Gasteiger partial charge in [0.2, 0.25) is 0 Å². The van der Waals surface area contributed by atoms with Crippen LogP contribution in [0.25, 0.3) is 20.9 Å². The van der Waals surface area contributed by atoms with Gasteiger partial charge in [-0.1, -0.05) is 30.3 Å². The fourth-order valence-corrected chi connectivity index (χ4v) is 4.87. The summed E-state index contributed by atoms with van der Waals surface area (Å²) in [6.45, 7) is 1.24. The van der Waals surface area contributed by atoms with Gasteiger partial charge < -0.3 is 4.57 Å². The van der Waals surface area contributed by atoms with Gasteiger partial charge in [-0.15, -0.1) is 11.3 Å². The van der Waals surface area contributed by atoms with Crippen molar-refractivity contribution in [3.8, 4) is 20.9 Å². The number of aromatic nitrogens is 1. The van der Waals surface area contributed by atoms with Crippen LogP contribution in [0, 0.1) is 0 Å². The van der Waals surface area contributed by atoms with E-state index in [9.17, 15) is 18.0 Å². The first-order chi connectivity index (χ1) is 14.2. The maximum absolute atomic E-state index is 12.6. The highest BCUT2D eigenvalue weighted by atomic mass is 32.2. The second kappa shape index (κ2) is 8.55. The maximum Gasteiger partial charge on any atom is 0.264 e. The number of hydroxylamine groups is 1. The fourth-order valence-electron chi connectivity index (χ4n) is 3.02. The zero-order chi connectivity index (χ0) is 21.9. The van der Waals surface area contributed by atoms with Crippen molar-refractivity contribution in [3.63, 3.8) is 0 Å². The van der Waals surface area contributed by atoms with Crippen LogP contribution in [-0.2, 0) is 21.2 Å². The van der Waals surface area contributed by atoms with E-state index in [4.69, 9.17) is 5.21 Å². The number of hydrogen-bond acceptors (Lipinski definition) is 6. The Labute approximate surface area is 178 Å². The third-order valence-corrected chi connectivity index (χ3v) is 8.38. The molecule has 2 aromatic heterocycles. The summed E-state index contributed by atoms with van der Waals surface area (Å²) in [4.78, 5) is 26.5. The number of hydrogen-bond donors (Lipinski definition) is 2. The Morgan fingerprint density at radius 1 is 1.10 bits per heavy atom. The molecule has 0 radical (unpaired) electrons. The second-order valence-corrected chi connectivity index (χ2v) is 10.7. The number of pyridine rings is 1. The van der Waals surface area contributed by atoms with Gasteiger partial charge >= 0.3 is 0 Å². The van der Waals surface area contributed by atoms with Gasteiger partial charge in [0, 0.05) is 34.8 Å². The van der Waals surface area contributed by atoms with Crippen LogP contribution in [-0.4, -0.2) is 35.1 Å². The molecule has 0 saturated carbocycles. The Hall–Kier alpha value is -2.75. The van der Waals surface area contributed by atoms with Crippen LogP contribution in [0.3, 0.4) is 0 Å². The lowest BCUT2D eigenvalue weighted by Crippen LogP contribution is -2.49. The Morgan fingerprint density at radius 2 is 1.73 bits per heavy atom. The second-order valence-electron chi connectivity index (χ2n) is 7.17. The number of carbonyl (C=O) groups excluding carboxylic acids is 1. The van der Waals surface area contributed by atoms with E-state index in [0.717, 1.165) is 27.1 Å². The number of aryl methyl sites for hydroxylation is 1. The first-order valence-corrected chi connectivity index (χ1v) is 11.9. The summed E-state index contributed by atoms with van der Waals surface area (Å²) in [5.74, 6) is -1.03. The number of benzene rings is 1. The van der Waals surface area contributed by atoms with Gasteiger partial charge in [0.25, 0.3) is 11.5 Å². The predicted octanol–water partition coefficient (Wildman–Crippen LogP) is 2.94. The van der Waals surface area contributed by atoms with Crippen LogP contribution in [0.1, 0.15) is 13.3 Å². The highest BCUT2D eigenvalue weighted by Crippen LogP contribution is 2.33. The molecule has 2 N–H and O–H groups in total. The number of carbonyl (C=O) groups is 1. The zero-order valence-electron chi connectivity index (χ0n) is 16.5. The van der Waals surface area contributed by atoms with Crippen molar-refractivity contribution in [3.05, 3.63) is 71.1 Å². The van der Waals surface area contributed by atoms with Crippen molar-refractivity contribution < 1.29 is 18.4 Å². The highest BCUT2D eigenvalue weighted by Gasteiger charge is 2.43. The van der Waals surface area contributed by atoms with E-state index in [1.807, 2.05) is 42.5 Å². The minimum Gasteiger partial charge on any atom is -0.315 e. The number of amides is 1. The quantitative estimate of drug-likeness (QED) is 0.429. The SMILES string of the molecule is CC(CCn1ccc(-c2ccc(-c3ccccc3)s2)cc1=O)(C(=O)NO)S(C)(=O)=O. The molecule has 2 heterocycles. The number of rotatable bonds is 7. The summed E-state index contributed by atoms with van der Waals surface area (Å²) >= 11 is 1.57. The van der Waals surface area contributed by atoms with E-state index in [2.05, 4.69) is 0 Å². The molecule has 0 fully saturated rings. The van der Waals surface area contributed by atoms with Crippen LogP contribution in [0.2, 0.25) is 0 Å². The van der Waals surface area contributed by atoms with E-state index in [1.54, 1.807) is 23.6 Å². The normalized spacial score (nSPS) is 13.6. The van der Waals surface area contributed by atoms with Crippen molar-refractivity contribution in [2.75, 3.05) is 6.26 Å². The smallest absolute Gasteiger partial charge is 0.264 e. The van der Waals surface area contributed by atoms with Crippen LogP contribution in [0.4, 0.5) is 0 Å².